The van der Waals surface area contributed by atoms with E-state index in [9.17, 15) is 9.90 Å². The SMILES string of the molecule is CCCCC(CC)COC(=O)C1CC(O)CCC1C. The van der Waals surface area contributed by atoms with Crippen LogP contribution in [0, 0.1) is 17.8 Å². The number of carbonyl (C=O) groups is 1. The van der Waals surface area contributed by atoms with E-state index in [0.717, 1.165) is 25.7 Å². The van der Waals surface area contributed by atoms with E-state index in [0.29, 0.717) is 24.9 Å². The summed E-state index contributed by atoms with van der Waals surface area (Å²) < 4.78 is 5.50. The van der Waals surface area contributed by atoms with Gasteiger partial charge in [0.2, 0.25) is 0 Å². The molecule has 0 aromatic carbocycles. The van der Waals surface area contributed by atoms with Crippen molar-refractivity contribution in [3.63, 3.8) is 0 Å². The molecule has 0 heterocycles. The van der Waals surface area contributed by atoms with Crippen molar-refractivity contribution in [2.45, 2.75) is 71.8 Å². The number of carbonyl (C=O) groups excluding carboxylic acids is 1. The van der Waals surface area contributed by atoms with E-state index >= 15 is 0 Å². The van der Waals surface area contributed by atoms with Gasteiger partial charge in [-0.25, -0.2) is 0 Å². The van der Waals surface area contributed by atoms with Crippen LogP contribution in [0.25, 0.3) is 0 Å². The molecular weight excluding hydrogens is 240 g/mol. The molecule has 1 aliphatic rings. The number of ether oxygens (including phenoxy) is 1. The van der Waals surface area contributed by atoms with Crippen molar-refractivity contribution in [2.24, 2.45) is 17.8 Å². The maximum absolute atomic E-state index is 12.1. The Kier molecular flexibility index (Phi) is 7.44. The van der Waals surface area contributed by atoms with Crippen LogP contribution < -0.4 is 0 Å². The standard InChI is InChI=1S/C16H30O3/c1-4-6-7-13(5-2)11-19-16(18)15-10-14(17)9-8-12(15)3/h12-15,17H,4-11H2,1-3H3. The molecule has 0 aromatic rings. The maximum Gasteiger partial charge on any atom is 0.309 e. The van der Waals surface area contributed by atoms with Crippen molar-refractivity contribution in [3.8, 4) is 0 Å². The molecule has 0 aromatic heterocycles. The molecule has 0 amide bonds. The largest absolute Gasteiger partial charge is 0.465 e. The van der Waals surface area contributed by atoms with Gasteiger partial charge in [-0.2, -0.15) is 0 Å². The zero-order valence-corrected chi connectivity index (χ0v) is 12.7. The van der Waals surface area contributed by atoms with Gasteiger partial charge in [0, 0.05) is 0 Å². The number of rotatable bonds is 7. The van der Waals surface area contributed by atoms with Crippen molar-refractivity contribution < 1.29 is 14.6 Å². The van der Waals surface area contributed by atoms with Crippen LogP contribution in [0.2, 0.25) is 0 Å². The molecule has 1 fully saturated rings. The molecule has 1 N–H and O–H groups in total. The predicted octanol–water partition coefficient (Wildman–Crippen LogP) is 3.54. The summed E-state index contributed by atoms with van der Waals surface area (Å²) in [5, 5.41) is 9.68. The third-order valence-corrected chi connectivity index (χ3v) is 4.48. The lowest BCUT2D eigenvalue weighted by molar-refractivity contribution is -0.154. The summed E-state index contributed by atoms with van der Waals surface area (Å²) in [5.74, 6) is 0.632. The van der Waals surface area contributed by atoms with E-state index < -0.39 is 0 Å². The number of hydrogen-bond donors (Lipinski definition) is 1. The first-order valence-electron chi connectivity index (χ1n) is 7.93. The van der Waals surface area contributed by atoms with Gasteiger partial charge in [-0.1, -0.05) is 40.0 Å². The smallest absolute Gasteiger partial charge is 0.309 e. The molecule has 1 rings (SSSR count). The van der Waals surface area contributed by atoms with E-state index in [1.807, 2.05) is 0 Å². The second kappa shape index (κ2) is 8.57. The Morgan fingerprint density at radius 2 is 2.11 bits per heavy atom. The molecule has 0 radical (unpaired) electrons. The Bertz CT molecular complexity index is 265. The first-order valence-corrected chi connectivity index (χ1v) is 7.93. The zero-order chi connectivity index (χ0) is 14.3. The molecule has 0 saturated heterocycles. The van der Waals surface area contributed by atoms with Crippen molar-refractivity contribution in [3.05, 3.63) is 0 Å². The van der Waals surface area contributed by atoms with Gasteiger partial charge >= 0.3 is 5.97 Å². The summed E-state index contributed by atoms with van der Waals surface area (Å²) in [6.07, 6.45) is 6.60. The van der Waals surface area contributed by atoms with Gasteiger partial charge in [0.1, 0.15) is 0 Å². The number of unbranched alkanes of at least 4 members (excludes halogenated alkanes) is 1. The minimum atomic E-state index is -0.323. The number of aliphatic hydroxyl groups is 1. The lowest BCUT2D eigenvalue weighted by Crippen LogP contribution is -2.33. The van der Waals surface area contributed by atoms with Crippen molar-refractivity contribution in [1.82, 2.24) is 0 Å². The van der Waals surface area contributed by atoms with Crippen molar-refractivity contribution >= 4 is 5.97 Å². The van der Waals surface area contributed by atoms with E-state index in [-0.39, 0.29) is 18.0 Å². The Morgan fingerprint density at radius 1 is 1.37 bits per heavy atom. The minimum absolute atomic E-state index is 0.0961. The Labute approximate surface area is 117 Å². The molecule has 0 spiro atoms. The average molecular weight is 270 g/mol. The fourth-order valence-electron chi connectivity index (χ4n) is 2.83. The number of esters is 1. The Morgan fingerprint density at radius 3 is 2.74 bits per heavy atom. The minimum Gasteiger partial charge on any atom is -0.465 e. The predicted molar refractivity (Wildman–Crippen MR) is 76.8 cm³/mol. The lowest BCUT2D eigenvalue weighted by atomic mass is 9.79. The van der Waals surface area contributed by atoms with Crippen molar-refractivity contribution in [2.75, 3.05) is 6.61 Å². The van der Waals surface area contributed by atoms with Gasteiger partial charge in [-0.05, 0) is 37.5 Å². The van der Waals surface area contributed by atoms with Crippen LogP contribution in [-0.4, -0.2) is 23.8 Å². The quantitative estimate of drug-likeness (QED) is 0.720. The summed E-state index contributed by atoms with van der Waals surface area (Å²) in [6.45, 7) is 6.98. The molecule has 112 valence electrons. The van der Waals surface area contributed by atoms with Crippen molar-refractivity contribution in [1.29, 1.82) is 0 Å². The van der Waals surface area contributed by atoms with Gasteiger partial charge in [0.25, 0.3) is 0 Å². The molecular formula is C16H30O3. The van der Waals surface area contributed by atoms with Crippen LogP contribution >= 0.6 is 0 Å². The third-order valence-electron chi connectivity index (χ3n) is 4.48. The van der Waals surface area contributed by atoms with Gasteiger partial charge in [-0.3, -0.25) is 4.79 Å². The summed E-state index contributed by atoms with van der Waals surface area (Å²) in [5.41, 5.74) is 0. The molecule has 0 aliphatic heterocycles. The zero-order valence-electron chi connectivity index (χ0n) is 12.7. The molecule has 19 heavy (non-hydrogen) atoms. The van der Waals surface area contributed by atoms with Gasteiger partial charge < -0.3 is 9.84 Å². The second-order valence-corrected chi connectivity index (χ2v) is 6.10. The summed E-state index contributed by atoms with van der Waals surface area (Å²) in [7, 11) is 0. The normalized spacial score (nSPS) is 28.9. The molecule has 3 heteroatoms. The lowest BCUT2D eigenvalue weighted by Gasteiger charge is -2.30. The highest BCUT2D eigenvalue weighted by Gasteiger charge is 2.33. The van der Waals surface area contributed by atoms with Crippen LogP contribution in [0.4, 0.5) is 0 Å². The van der Waals surface area contributed by atoms with Gasteiger partial charge in [0.15, 0.2) is 0 Å². The average Bonchev–Trinajstić information content (AvgIpc) is 2.41. The third kappa shape index (κ3) is 5.52. The van der Waals surface area contributed by atoms with Crippen LogP contribution in [0.5, 0.6) is 0 Å². The molecule has 3 nitrogen and oxygen atoms in total. The second-order valence-electron chi connectivity index (χ2n) is 6.10. The summed E-state index contributed by atoms with van der Waals surface area (Å²) >= 11 is 0. The summed E-state index contributed by atoms with van der Waals surface area (Å²) in [4.78, 5) is 12.1. The van der Waals surface area contributed by atoms with Crippen LogP contribution in [0.3, 0.4) is 0 Å². The number of hydrogen-bond acceptors (Lipinski definition) is 3. The highest BCUT2D eigenvalue weighted by Crippen LogP contribution is 2.31. The van der Waals surface area contributed by atoms with Crippen LogP contribution in [-0.2, 0) is 9.53 Å². The molecule has 1 aliphatic carbocycles. The van der Waals surface area contributed by atoms with Gasteiger partial charge in [-0.15, -0.1) is 0 Å². The van der Waals surface area contributed by atoms with E-state index in [1.165, 1.54) is 12.8 Å². The van der Waals surface area contributed by atoms with E-state index in [2.05, 4.69) is 20.8 Å². The fraction of sp³-hybridized carbons (Fsp3) is 0.938. The fourth-order valence-corrected chi connectivity index (χ4v) is 2.83. The number of aliphatic hydroxyl groups excluding tert-OH is 1. The summed E-state index contributed by atoms with van der Waals surface area (Å²) in [6, 6.07) is 0. The van der Waals surface area contributed by atoms with E-state index in [1.54, 1.807) is 0 Å². The van der Waals surface area contributed by atoms with Crippen LogP contribution in [0.15, 0.2) is 0 Å². The molecule has 1 saturated carbocycles. The maximum atomic E-state index is 12.1. The van der Waals surface area contributed by atoms with Gasteiger partial charge in [0.05, 0.1) is 18.6 Å². The molecule has 4 unspecified atom stereocenters. The first kappa shape index (κ1) is 16.5. The highest BCUT2D eigenvalue weighted by atomic mass is 16.5. The monoisotopic (exact) mass is 270 g/mol. The highest BCUT2D eigenvalue weighted by molar-refractivity contribution is 5.73. The Hall–Kier alpha value is -0.570. The van der Waals surface area contributed by atoms with Crippen LogP contribution in [0.1, 0.15) is 65.7 Å². The Balaban J connectivity index is 2.36. The first-order chi connectivity index (χ1) is 9.08. The van der Waals surface area contributed by atoms with E-state index in [4.69, 9.17) is 4.74 Å². The topological polar surface area (TPSA) is 46.5 Å². The molecule has 4 atom stereocenters. The molecule has 0 bridgehead atoms.